The van der Waals surface area contributed by atoms with Crippen molar-refractivity contribution >= 4 is 35.6 Å². The molecule has 0 aliphatic carbocycles. The molecule has 0 amide bonds. The van der Waals surface area contributed by atoms with E-state index in [-0.39, 0.29) is 11.3 Å². The highest BCUT2D eigenvalue weighted by Gasteiger charge is 2.36. The SMILES string of the molecule is O=CC1=Cc2cccc(F)c2OC1(Cl)Cl. The minimum Gasteiger partial charge on any atom is -0.450 e. The number of ether oxygens (including phenoxy) is 1. The van der Waals surface area contributed by atoms with Gasteiger partial charge in [-0.05, 0) is 12.1 Å². The number of alkyl halides is 2. The Morgan fingerprint density at radius 2 is 2.13 bits per heavy atom. The van der Waals surface area contributed by atoms with E-state index in [0.29, 0.717) is 11.8 Å². The van der Waals surface area contributed by atoms with Crippen LogP contribution in [0.15, 0.2) is 23.8 Å². The molecule has 0 saturated carbocycles. The van der Waals surface area contributed by atoms with Gasteiger partial charge in [-0.3, -0.25) is 4.79 Å². The number of carbonyl (C=O) groups excluding carboxylic acids is 1. The number of halogens is 3. The van der Waals surface area contributed by atoms with Gasteiger partial charge in [0, 0.05) is 5.56 Å². The number of para-hydroxylation sites is 1. The monoisotopic (exact) mass is 246 g/mol. The fourth-order valence-corrected chi connectivity index (χ4v) is 1.64. The molecule has 1 heterocycles. The normalized spacial score (nSPS) is 17.4. The standard InChI is InChI=1S/C10H5Cl2FO2/c11-10(12)7(5-14)4-6-2-1-3-8(13)9(6)15-10/h1-5H. The summed E-state index contributed by atoms with van der Waals surface area (Å²) in [7, 11) is 0. The van der Waals surface area contributed by atoms with Crippen molar-refractivity contribution in [2.75, 3.05) is 0 Å². The maximum absolute atomic E-state index is 13.3. The summed E-state index contributed by atoms with van der Waals surface area (Å²) in [6.07, 6.45) is 1.88. The van der Waals surface area contributed by atoms with Gasteiger partial charge < -0.3 is 4.74 Å². The summed E-state index contributed by atoms with van der Waals surface area (Å²) in [5.74, 6) is -0.618. The van der Waals surface area contributed by atoms with E-state index in [1.54, 1.807) is 6.07 Å². The van der Waals surface area contributed by atoms with E-state index in [4.69, 9.17) is 27.9 Å². The minimum absolute atomic E-state index is 0.0453. The number of carbonyl (C=O) groups is 1. The fraction of sp³-hybridized carbons (Fsp3) is 0.100. The lowest BCUT2D eigenvalue weighted by atomic mass is 10.1. The van der Waals surface area contributed by atoms with Gasteiger partial charge in [0.25, 0.3) is 4.52 Å². The van der Waals surface area contributed by atoms with Crippen LogP contribution in [0.25, 0.3) is 6.08 Å². The summed E-state index contributed by atoms with van der Waals surface area (Å²) in [6.45, 7) is 0. The van der Waals surface area contributed by atoms with Crippen LogP contribution in [0.5, 0.6) is 5.75 Å². The van der Waals surface area contributed by atoms with Gasteiger partial charge in [0.1, 0.15) is 0 Å². The van der Waals surface area contributed by atoms with Gasteiger partial charge in [-0.2, -0.15) is 0 Å². The predicted molar refractivity (Wildman–Crippen MR) is 55.5 cm³/mol. The van der Waals surface area contributed by atoms with Gasteiger partial charge >= 0.3 is 0 Å². The molecule has 0 radical (unpaired) electrons. The van der Waals surface area contributed by atoms with Crippen LogP contribution in [0.4, 0.5) is 4.39 Å². The maximum Gasteiger partial charge on any atom is 0.288 e. The molecule has 1 aliphatic rings. The fourth-order valence-electron chi connectivity index (χ4n) is 1.29. The quantitative estimate of drug-likeness (QED) is 0.563. The number of hydrogen-bond donors (Lipinski definition) is 0. The molecule has 0 aromatic heterocycles. The average Bonchev–Trinajstić information content (AvgIpc) is 2.18. The van der Waals surface area contributed by atoms with Gasteiger partial charge in [0.2, 0.25) is 0 Å². The highest BCUT2D eigenvalue weighted by molar-refractivity contribution is 6.51. The van der Waals surface area contributed by atoms with Crippen molar-refractivity contribution < 1.29 is 13.9 Å². The van der Waals surface area contributed by atoms with E-state index in [2.05, 4.69) is 0 Å². The van der Waals surface area contributed by atoms with E-state index < -0.39 is 10.3 Å². The summed E-state index contributed by atoms with van der Waals surface area (Å²) >= 11 is 11.4. The first-order valence-electron chi connectivity index (χ1n) is 4.07. The van der Waals surface area contributed by atoms with Crippen LogP contribution in [0, 0.1) is 5.82 Å². The van der Waals surface area contributed by atoms with Crippen LogP contribution in [-0.2, 0) is 4.79 Å². The molecule has 0 spiro atoms. The van der Waals surface area contributed by atoms with Crippen molar-refractivity contribution in [1.29, 1.82) is 0 Å². The zero-order chi connectivity index (χ0) is 11.1. The van der Waals surface area contributed by atoms with Crippen LogP contribution in [-0.4, -0.2) is 10.8 Å². The Bertz CT molecular complexity index is 455. The highest BCUT2D eigenvalue weighted by atomic mass is 35.5. The molecule has 1 aromatic carbocycles. The summed E-state index contributed by atoms with van der Waals surface area (Å²) < 4.78 is 16.5. The van der Waals surface area contributed by atoms with Crippen LogP contribution < -0.4 is 4.74 Å². The molecule has 2 rings (SSSR count). The Morgan fingerprint density at radius 1 is 1.40 bits per heavy atom. The zero-order valence-electron chi connectivity index (χ0n) is 7.34. The van der Waals surface area contributed by atoms with Crippen LogP contribution in [0.3, 0.4) is 0 Å². The van der Waals surface area contributed by atoms with Crippen LogP contribution in [0.1, 0.15) is 5.56 Å². The Morgan fingerprint density at radius 3 is 2.80 bits per heavy atom. The van der Waals surface area contributed by atoms with Gasteiger partial charge in [0.05, 0.1) is 5.57 Å². The third-order valence-electron chi connectivity index (χ3n) is 2.00. The molecule has 5 heteroatoms. The van der Waals surface area contributed by atoms with Crippen molar-refractivity contribution in [2.24, 2.45) is 0 Å². The smallest absolute Gasteiger partial charge is 0.288 e. The molecule has 0 saturated heterocycles. The number of hydrogen-bond acceptors (Lipinski definition) is 2. The molecule has 0 atom stereocenters. The topological polar surface area (TPSA) is 26.3 Å². The van der Waals surface area contributed by atoms with Crippen LogP contribution in [0.2, 0.25) is 0 Å². The first-order valence-corrected chi connectivity index (χ1v) is 4.83. The molecular weight excluding hydrogens is 242 g/mol. The molecule has 78 valence electrons. The van der Waals surface area contributed by atoms with Gasteiger partial charge in [-0.15, -0.1) is 0 Å². The van der Waals surface area contributed by atoms with Crippen molar-refractivity contribution in [3.8, 4) is 5.75 Å². The number of benzene rings is 1. The number of rotatable bonds is 1. The second kappa shape index (κ2) is 3.51. The van der Waals surface area contributed by atoms with Crippen molar-refractivity contribution in [3.63, 3.8) is 0 Å². The Hall–Kier alpha value is -1.06. The molecule has 1 aliphatic heterocycles. The van der Waals surface area contributed by atoms with E-state index in [9.17, 15) is 9.18 Å². The highest BCUT2D eigenvalue weighted by Crippen LogP contribution is 2.41. The molecular formula is C10H5Cl2FO2. The molecule has 0 bridgehead atoms. The average molecular weight is 247 g/mol. The largest absolute Gasteiger partial charge is 0.450 e. The van der Waals surface area contributed by atoms with E-state index in [0.717, 1.165) is 0 Å². The van der Waals surface area contributed by atoms with Crippen molar-refractivity contribution in [3.05, 3.63) is 35.2 Å². The lowest BCUT2D eigenvalue weighted by Gasteiger charge is -2.26. The Labute approximate surface area is 95.2 Å². The molecule has 15 heavy (non-hydrogen) atoms. The zero-order valence-corrected chi connectivity index (χ0v) is 8.85. The Balaban J connectivity index is 2.61. The first kappa shape index (κ1) is 10.5. The summed E-state index contributed by atoms with van der Waals surface area (Å²) in [4.78, 5) is 10.7. The number of aldehydes is 1. The van der Waals surface area contributed by atoms with E-state index in [1.165, 1.54) is 18.2 Å². The van der Waals surface area contributed by atoms with Gasteiger partial charge in [-0.1, -0.05) is 35.3 Å². The summed E-state index contributed by atoms with van der Waals surface area (Å²) in [5.41, 5.74) is 0.484. The van der Waals surface area contributed by atoms with Crippen molar-refractivity contribution in [2.45, 2.75) is 4.52 Å². The molecule has 0 N–H and O–H groups in total. The predicted octanol–water partition coefficient (Wildman–Crippen LogP) is 2.93. The lowest BCUT2D eigenvalue weighted by molar-refractivity contribution is -0.105. The van der Waals surface area contributed by atoms with Crippen LogP contribution >= 0.6 is 23.2 Å². The number of fused-ring (bicyclic) bond motifs is 1. The Kier molecular flexibility index (Phi) is 2.44. The molecule has 1 aromatic rings. The van der Waals surface area contributed by atoms with Gasteiger partial charge in [-0.25, -0.2) is 4.39 Å². The second-order valence-corrected chi connectivity index (χ2v) is 4.25. The molecule has 0 fully saturated rings. The lowest BCUT2D eigenvalue weighted by Crippen LogP contribution is -2.28. The first-order chi connectivity index (χ1) is 7.04. The summed E-state index contributed by atoms with van der Waals surface area (Å²) in [6, 6.07) is 4.33. The molecule has 0 unspecified atom stereocenters. The molecule has 2 nitrogen and oxygen atoms in total. The third-order valence-corrected chi connectivity index (χ3v) is 2.59. The van der Waals surface area contributed by atoms with Crippen molar-refractivity contribution in [1.82, 2.24) is 0 Å². The van der Waals surface area contributed by atoms with E-state index >= 15 is 0 Å². The summed E-state index contributed by atoms with van der Waals surface area (Å²) in [5, 5.41) is 0. The minimum atomic E-state index is -1.82. The van der Waals surface area contributed by atoms with Gasteiger partial charge in [0.15, 0.2) is 17.9 Å². The second-order valence-electron chi connectivity index (χ2n) is 2.99. The third kappa shape index (κ3) is 1.73. The van der Waals surface area contributed by atoms with E-state index in [1.807, 2.05) is 0 Å². The maximum atomic E-state index is 13.3.